The molecule has 5 heteroatoms. The molecular formula is C23H27NO4. The Labute approximate surface area is 165 Å². The number of carboxylic acids is 1. The van der Waals surface area contributed by atoms with Crippen LogP contribution in [0, 0.1) is 17.8 Å². The van der Waals surface area contributed by atoms with Crippen LogP contribution in [0.4, 0.5) is 0 Å². The van der Waals surface area contributed by atoms with Crippen LogP contribution in [-0.2, 0) is 4.79 Å². The van der Waals surface area contributed by atoms with Gasteiger partial charge < -0.3 is 14.6 Å². The molecule has 0 radical (unpaired) electrons. The van der Waals surface area contributed by atoms with Crippen molar-refractivity contribution in [3.8, 4) is 11.6 Å². The van der Waals surface area contributed by atoms with Gasteiger partial charge in [0.1, 0.15) is 5.75 Å². The summed E-state index contributed by atoms with van der Waals surface area (Å²) in [5.41, 5.74) is 2.31. The molecule has 4 rings (SSSR count). The van der Waals surface area contributed by atoms with Gasteiger partial charge >= 0.3 is 5.97 Å². The Hall–Kier alpha value is -2.56. The van der Waals surface area contributed by atoms with Gasteiger partial charge in [0, 0.05) is 18.2 Å². The van der Waals surface area contributed by atoms with Crippen molar-refractivity contribution in [2.45, 2.75) is 38.0 Å². The fourth-order valence-electron chi connectivity index (χ4n) is 4.16. The van der Waals surface area contributed by atoms with Gasteiger partial charge in [0.2, 0.25) is 5.88 Å². The minimum atomic E-state index is -0.725. The van der Waals surface area contributed by atoms with Crippen LogP contribution in [0.2, 0.25) is 0 Å². The van der Waals surface area contributed by atoms with E-state index in [1.165, 1.54) is 5.56 Å². The standard InChI is InChI=1S/C23H27NO4/c1-14(23(25)26)22(15-6-7-15)16-4-3-5-19(10-16)28-13-18-11-20(18)17-8-9-21(27-2)24-12-17/h3-5,8-10,12,14-15,18,20,22H,6-7,11,13H2,1-2H3,(H,25,26)/t14-,18+,20+,22-/m0/s1. The lowest BCUT2D eigenvalue weighted by molar-refractivity contribution is -0.142. The van der Waals surface area contributed by atoms with Crippen LogP contribution in [0.25, 0.3) is 0 Å². The van der Waals surface area contributed by atoms with Crippen LogP contribution in [0.5, 0.6) is 11.6 Å². The third-order valence-electron chi connectivity index (χ3n) is 6.08. The summed E-state index contributed by atoms with van der Waals surface area (Å²) < 4.78 is 11.2. The van der Waals surface area contributed by atoms with Gasteiger partial charge in [-0.1, -0.05) is 25.1 Å². The van der Waals surface area contributed by atoms with Gasteiger partial charge in [0.25, 0.3) is 0 Å². The molecule has 2 fully saturated rings. The van der Waals surface area contributed by atoms with E-state index in [1.54, 1.807) is 7.11 Å². The number of rotatable bonds is 9. The van der Waals surface area contributed by atoms with E-state index in [9.17, 15) is 9.90 Å². The van der Waals surface area contributed by atoms with Crippen molar-refractivity contribution in [1.82, 2.24) is 4.98 Å². The number of methoxy groups -OCH3 is 1. The minimum absolute atomic E-state index is 0.0695. The monoisotopic (exact) mass is 381 g/mol. The Morgan fingerprint density at radius 3 is 2.75 bits per heavy atom. The van der Waals surface area contributed by atoms with E-state index in [0.717, 1.165) is 30.6 Å². The van der Waals surface area contributed by atoms with Crippen LogP contribution >= 0.6 is 0 Å². The van der Waals surface area contributed by atoms with Gasteiger partial charge in [0.15, 0.2) is 0 Å². The smallest absolute Gasteiger partial charge is 0.306 e. The topological polar surface area (TPSA) is 68.7 Å². The van der Waals surface area contributed by atoms with E-state index in [2.05, 4.69) is 11.1 Å². The van der Waals surface area contributed by atoms with E-state index in [1.807, 2.05) is 43.5 Å². The largest absolute Gasteiger partial charge is 0.493 e. The van der Waals surface area contributed by atoms with Crippen LogP contribution < -0.4 is 9.47 Å². The Kier molecular flexibility index (Phi) is 5.25. The first-order valence-electron chi connectivity index (χ1n) is 10.0. The summed E-state index contributed by atoms with van der Waals surface area (Å²) in [5, 5.41) is 9.47. The second kappa shape index (κ2) is 7.82. The molecule has 28 heavy (non-hydrogen) atoms. The zero-order valence-electron chi connectivity index (χ0n) is 16.4. The minimum Gasteiger partial charge on any atom is -0.493 e. The average Bonchev–Trinajstić information content (AvgIpc) is 3.62. The maximum atomic E-state index is 11.5. The van der Waals surface area contributed by atoms with Gasteiger partial charge in [0.05, 0.1) is 19.6 Å². The Morgan fingerprint density at radius 2 is 2.11 bits per heavy atom. The fourth-order valence-corrected chi connectivity index (χ4v) is 4.16. The number of ether oxygens (including phenoxy) is 2. The SMILES string of the molecule is COc1ccc([C@H]2C[C@@H]2COc2cccc([C@H](C3CC3)[C@H](C)C(=O)O)c2)cn1. The maximum absolute atomic E-state index is 11.5. The predicted molar refractivity (Wildman–Crippen MR) is 106 cm³/mol. The molecule has 2 saturated carbocycles. The molecule has 2 aromatic rings. The van der Waals surface area contributed by atoms with Crippen molar-refractivity contribution < 1.29 is 19.4 Å². The highest BCUT2D eigenvalue weighted by Crippen LogP contribution is 2.49. The summed E-state index contributed by atoms with van der Waals surface area (Å²) in [7, 11) is 1.62. The molecule has 0 amide bonds. The Balaban J connectivity index is 1.37. The second-order valence-electron chi connectivity index (χ2n) is 8.11. The van der Waals surface area contributed by atoms with Crippen LogP contribution in [0.1, 0.15) is 49.1 Å². The number of aromatic nitrogens is 1. The fraction of sp³-hybridized carbons (Fsp3) is 0.478. The first kappa shape index (κ1) is 18.8. The molecular weight excluding hydrogens is 354 g/mol. The quantitative estimate of drug-likeness (QED) is 0.693. The number of hydrogen-bond acceptors (Lipinski definition) is 4. The number of hydrogen-bond donors (Lipinski definition) is 1. The van der Waals surface area contributed by atoms with Crippen LogP contribution in [0.15, 0.2) is 42.6 Å². The van der Waals surface area contributed by atoms with E-state index < -0.39 is 5.97 Å². The molecule has 0 aliphatic heterocycles. The molecule has 0 unspecified atom stereocenters. The third-order valence-corrected chi connectivity index (χ3v) is 6.08. The molecule has 0 saturated heterocycles. The highest BCUT2D eigenvalue weighted by Gasteiger charge is 2.40. The lowest BCUT2D eigenvalue weighted by Crippen LogP contribution is -2.20. The lowest BCUT2D eigenvalue weighted by Gasteiger charge is -2.21. The normalized spacial score (nSPS) is 22.9. The van der Waals surface area contributed by atoms with E-state index in [0.29, 0.717) is 30.2 Å². The number of nitrogens with zero attached hydrogens (tertiary/aromatic N) is 1. The summed E-state index contributed by atoms with van der Waals surface area (Å²) in [4.78, 5) is 15.8. The molecule has 5 nitrogen and oxygen atoms in total. The zero-order chi connectivity index (χ0) is 19.7. The van der Waals surface area contributed by atoms with Crippen molar-refractivity contribution in [2.75, 3.05) is 13.7 Å². The number of aliphatic carboxylic acids is 1. The maximum Gasteiger partial charge on any atom is 0.306 e. The Bertz CT molecular complexity index is 831. The molecule has 0 bridgehead atoms. The predicted octanol–water partition coefficient (Wildman–Crippen LogP) is 4.49. The van der Waals surface area contributed by atoms with Crippen molar-refractivity contribution in [2.24, 2.45) is 17.8 Å². The van der Waals surface area contributed by atoms with E-state index in [4.69, 9.17) is 9.47 Å². The van der Waals surface area contributed by atoms with Gasteiger partial charge in [-0.3, -0.25) is 4.79 Å². The summed E-state index contributed by atoms with van der Waals surface area (Å²) in [6.07, 6.45) is 5.23. The molecule has 1 aromatic heterocycles. The van der Waals surface area contributed by atoms with Crippen LogP contribution in [0.3, 0.4) is 0 Å². The zero-order valence-corrected chi connectivity index (χ0v) is 16.4. The molecule has 148 valence electrons. The molecule has 4 atom stereocenters. The summed E-state index contributed by atoms with van der Waals surface area (Å²) in [6.45, 7) is 2.49. The molecule has 2 aliphatic rings. The summed E-state index contributed by atoms with van der Waals surface area (Å²) in [5.74, 6) is 1.91. The van der Waals surface area contributed by atoms with Crippen molar-refractivity contribution in [3.63, 3.8) is 0 Å². The number of pyridine rings is 1. The summed E-state index contributed by atoms with van der Waals surface area (Å²) in [6, 6.07) is 12.0. The third kappa shape index (κ3) is 4.13. The van der Waals surface area contributed by atoms with Gasteiger partial charge in [-0.2, -0.15) is 0 Å². The number of carboxylic acid groups (broad SMARTS) is 1. The highest BCUT2D eigenvalue weighted by molar-refractivity contribution is 5.71. The van der Waals surface area contributed by atoms with E-state index in [-0.39, 0.29) is 11.8 Å². The number of carbonyl (C=O) groups is 1. The second-order valence-corrected chi connectivity index (χ2v) is 8.11. The van der Waals surface area contributed by atoms with Crippen LogP contribution in [-0.4, -0.2) is 29.8 Å². The van der Waals surface area contributed by atoms with Gasteiger partial charge in [-0.25, -0.2) is 4.98 Å². The molecule has 1 N–H and O–H groups in total. The number of benzene rings is 1. The average molecular weight is 381 g/mol. The summed E-state index contributed by atoms with van der Waals surface area (Å²) >= 11 is 0. The van der Waals surface area contributed by atoms with Gasteiger partial charge in [-0.05, 0) is 60.3 Å². The van der Waals surface area contributed by atoms with Crippen molar-refractivity contribution in [3.05, 3.63) is 53.7 Å². The highest BCUT2D eigenvalue weighted by atomic mass is 16.5. The lowest BCUT2D eigenvalue weighted by atomic mass is 9.83. The van der Waals surface area contributed by atoms with Crippen molar-refractivity contribution in [1.29, 1.82) is 0 Å². The Morgan fingerprint density at radius 1 is 1.29 bits per heavy atom. The first-order chi connectivity index (χ1) is 13.6. The van der Waals surface area contributed by atoms with Crippen molar-refractivity contribution >= 4 is 5.97 Å². The first-order valence-corrected chi connectivity index (χ1v) is 10.0. The van der Waals surface area contributed by atoms with E-state index >= 15 is 0 Å². The molecule has 2 aliphatic carbocycles. The molecule has 0 spiro atoms. The molecule has 1 heterocycles. The van der Waals surface area contributed by atoms with Gasteiger partial charge in [-0.15, -0.1) is 0 Å². The molecule has 1 aromatic carbocycles.